The Hall–Kier alpha value is -1.63. The Balaban J connectivity index is 2.87. The quantitative estimate of drug-likeness (QED) is 0.609. The van der Waals surface area contributed by atoms with Gasteiger partial charge in [-0.05, 0) is 31.1 Å². The maximum Gasteiger partial charge on any atom is 0.326 e. The molecular formula is C17H31N3O4. The number of carbonyl (C=O) groups is 3. The molecule has 1 rings (SSSR count). The molecule has 1 fully saturated rings. The van der Waals surface area contributed by atoms with E-state index >= 15 is 0 Å². The maximum atomic E-state index is 12.8. The van der Waals surface area contributed by atoms with Crippen LogP contribution >= 0.6 is 0 Å². The standard InChI is InChI=1S/C17H31N3O4/c1-5-11(4)14(19-15(21)12(18)9-10(2)3)16(22)20-8-6-7-13(20)17(23)24/h10-14H,5-9,18H2,1-4H3,(H,19,21)(H,23,24)/t11-,12-,13-,14-/m0/s1. The molecule has 7 nitrogen and oxygen atoms in total. The van der Waals surface area contributed by atoms with Crippen LogP contribution in [-0.4, -0.2) is 52.5 Å². The van der Waals surface area contributed by atoms with Crippen molar-refractivity contribution in [3.63, 3.8) is 0 Å². The van der Waals surface area contributed by atoms with Crippen molar-refractivity contribution in [3.8, 4) is 0 Å². The summed E-state index contributed by atoms with van der Waals surface area (Å²) >= 11 is 0. The number of nitrogens with one attached hydrogen (secondary N) is 1. The molecule has 0 aromatic rings. The molecular weight excluding hydrogens is 310 g/mol. The Morgan fingerprint density at radius 3 is 2.42 bits per heavy atom. The molecule has 1 aliphatic rings. The number of likely N-dealkylation sites (tertiary alicyclic amines) is 1. The van der Waals surface area contributed by atoms with Gasteiger partial charge >= 0.3 is 5.97 Å². The summed E-state index contributed by atoms with van der Waals surface area (Å²) < 4.78 is 0. The molecule has 0 aromatic heterocycles. The fourth-order valence-corrected chi connectivity index (χ4v) is 3.02. The Bertz CT molecular complexity index is 467. The molecule has 24 heavy (non-hydrogen) atoms. The molecule has 4 atom stereocenters. The van der Waals surface area contributed by atoms with E-state index in [1.165, 1.54) is 4.90 Å². The highest BCUT2D eigenvalue weighted by atomic mass is 16.4. The van der Waals surface area contributed by atoms with Crippen LogP contribution in [0.4, 0.5) is 0 Å². The third-order valence-corrected chi connectivity index (χ3v) is 4.66. The maximum absolute atomic E-state index is 12.8. The average molecular weight is 341 g/mol. The largest absolute Gasteiger partial charge is 0.480 e. The summed E-state index contributed by atoms with van der Waals surface area (Å²) in [6.07, 6.45) is 2.35. The van der Waals surface area contributed by atoms with Crippen molar-refractivity contribution < 1.29 is 19.5 Å². The van der Waals surface area contributed by atoms with Crippen LogP contribution < -0.4 is 11.1 Å². The lowest BCUT2D eigenvalue weighted by Crippen LogP contribution is -2.56. The summed E-state index contributed by atoms with van der Waals surface area (Å²) in [4.78, 5) is 37.9. The number of rotatable bonds is 8. The molecule has 0 aromatic carbocycles. The van der Waals surface area contributed by atoms with Gasteiger partial charge in [-0.2, -0.15) is 0 Å². The van der Waals surface area contributed by atoms with Crippen LogP contribution in [0, 0.1) is 11.8 Å². The van der Waals surface area contributed by atoms with Crippen molar-refractivity contribution >= 4 is 17.8 Å². The molecule has 0 saturated carbocycles. The third kappa shape index (κ3) is 5.19. The number of amides is 2. The lowest BCUT2D eigenvalue weighted by molar-refractivity contribution is -0.150. The summed E-state index contributed by atoms with van der Waals surface area (Å²) in [6, 6.07) is -2.20. The second-order valence-electron chi connectivity index (χ2n) is 7.14. The number of aliphatic carboxylic acids is 1. The Morgan fingerprint density at radius 2 is 1.92 bits per heavy atom. The van der Waals surface area contributed by atoms with Crippen LogP contribution in [0.25, 0.3) is 0 Å². The van der Waals surface area contributed by atoms with Crippen molar-refractivity contribution in [1.82, 2.24) is 10.2 Å². The lowest BCUT2D eigenvalue weighted by Gasteiger charge is -2.31. The van der Waals surface area contributed by atoms with E-state index in [1.807, 2.05) is 27.7 Å². The van der Waals surface area contributed by atoms with E-state index in [1.54, 1.807) is 0 Å². The fraction of sp³-hybridized carbons (Fsp3) is 0.824. The molecule has 7 heteroatoms. The Kier molecular flexibility index (Phi) is 7.66. The monoisotopic (exact) mass is 341 g/mol. The molecule has 138 valence electrons. The first kappa shape index (κ1) is 20.4. The van der Waals surface area contributed by atoms with Gasteiger partial charge < -0.3 is 21.1 Å². The second kappa shape index (κ2) is 9.01. The molecule has 4 N–H and O–H groups in total. The van der Waals surface area contributed by atoms with Gasteiger partial charge in [0, 0.05) is 6.54 Å². The van der Waals surface area contributed by atoms with Gasteiger partial charge in [0.05, 0.1) is 6.04 Å². The van der Waals surface area contributed by atoms with Crippen LogP contribution in [-0.2, 0) is 14.4 Å². The van der Waals surface area contributed by atoms with Gasteiger partial charge in [-0.25, -0.2) is 4.79 Å². The average Bonchev–Trinajstić information content (AvgIpc) is 3.00. The number of hydrogen-bond acceptors (Lipinski definition) is 4. The highest BCUT2D eigenvalue weighted by Crippen LogP contribution is 2.21. The van der Waals surface area contributed by atoms with Crippen molar-refractivity contribution in [3.05, 3.63) is 0 Å². The fourth-order valence-electron chi connectivity index (χ4n) is 3.02. The molecule has 0 aliphatic carbocycles. The number of hydrogen-bond donors (Lipinski definition) is 3. The minimum absolute atomic E-state index is 0.0947. The van der Waals surface area contributed by atoms with E-state index in [0.717, 1.165) is 0 Å². The lowest BCUT2D eigenvalue weighted by atomic mass is 9.96. The number of carboxylic acids is 1. The predicted octanol–water partition coefficient (Wildman–Crippen LogP) is 0.966. The molecule has 0 radical (unpaired) electrons. The summed E-state index contributed by atoms with van der Waals surface area (Å²) in [5.74, 6) is -1.49. The SMILES string of the molecule is CC[C@H](C)[C@H](NC(=O)[C@@H](N)CC(C)C)C(=O)N1CCC[C@H]1C(=O)O. The number of carbonyl (C=O) groups excluding carboxylic acids is 2. The van der Waals surface area contributed by atoms with Gasteiger partial charge in [-0.3, -0.25) is 9.59 Å². The van der Waals surface area contributed by atoms with Gasteiger partial charge in [0.15, 0.2) is 0 Å². The van der Waals surface area contributed by atoms with Crippen LogP contribution in [0.5, 0.6) is 0 Å². The highest BCUT2D eigenvalue weighted by molar-refractivity contribution is 5.92. The van der Waals surface area contributed by atoms with Crippen molar-refractivity contribution in [2.75, 3.05) is 6.54 Å². The van der Waals surface area contributed by atoms with Crippen molar-refractivity contribution in [2.45, 2.75) is 71.5 Å². The van der Waals surface area contributed by atoms with E-state index in [-0.39, 0.29) is 23.7 Å². The Morgan fingerprint density at radius 1 is 1.29 bits per heavy atom. The molecule has 0 bridgehead atoms. The first-order valence-corrected chi connectivity index (χ1v) is 8.78. The van der Waals surface area contributed by atoms with Gasteiger partial charge in [0.2, 0.25) is 11.8 Å². The zero-order valence-electron chi connectivity index (χ0n) is 15.1. The van der Waals surface area contributed by atoms with Gasteiger partial charge in [0.1, 0.15) is 12.1 Å². The number of nitrogens with two attached hydrogens (primary N) is 1. The molecule has 1 aliphatic heterocycles. The zero-order chi connectivity index (χ0) is 18.4. The Labute approximate surface area is 144 Å². The molecule has 1 saturated heterocycles. The predicted molar refractivity (Wildman–Crippen MR) is 91.2 cm³/mol. The van der Waals surface area contributed by atoms with Gasteiger partial charge in [-0.1, -0.05) is 34.1 Å². The minimum Gasteiger partial charge on any atom is -0.480 e. The van der Waals surface area contributed by atoms with E-state index in [2.05, 4.69) is 5.32 Å². The van der Waals surface area contributed by atoms with Crippen LogP contribution in [0.15, 0.2) is 0 Å². The smallest absolute Gasteiger partial charge is 0.326 e. The summed E-state index contributed by atoms with van der Waals surface area (Å²) in [7, 11) is 0. The normalized spacial score (nSPS) is 21.4. The first-order valence-electron chi connectivity index (χ1n) is 8.78. The number of carboxylic acid groups (broad SMARTS) is 1. The van der Waals surface area contributed by atoms with Crippen LogP contribution in [0.1, 0.15) is 53.4 Å². The first-order chi connectivity index (χ1) is 11.2. The highest BCUT2D eigenvalue weighted by Gasteiger charge is 2.39. The minimum atomic E-state index is -0.994. The van der Waals surface area contributed by atoms with E-state index < -0.39 is 24.1 Å². The van der Waals surface area contributed by atoms with Crippen LogP contribution in [0.2, 0.25) is 0 Å². The van der Waals surface area contributed by atoms with Crippen LogP contribution in [0.3, 0.4) is 0 Å². The van der Waals surface area contributed by atoms with Crippen molar-refractivity contribution in [1.29, 1.82) is 0 Å². The van der Waals surface area contributed by atoms with Crippen molar-refractivity contribution in [2.24, 2.45) is 17.6 Å². The molecule has 0 spiro atoms. The second-order valence-corrected chi connectivity index (χ2v) is 7.14. The third-order valence-electron chi connectivity index (χ3n) is 4.66. The number of nitrogens with zero attached hydrogens (tertiary/aromatic N) is 1. The van der Waals surface area contributed by atoms with Gasteiger partial charge in [-0.15, -0.1) is 0 Å². The summed E-state index contributed by atoms with van der Waals surface area (Å²) in [5, 5.41) is 12.0. The van der Waals surface area contributed by atoms with Gasteiger partial charge in [0.25, 0.3) is 0 Å². The molecule has 2 amide bonds. The van der Waals surface area contributed by atoms with E-state index in [0.29, 0.717) is 32.2 Å². The zero-order valence-corrected chi connectivity index (χ0v) is 15.1. The topological polar surface area (TPSA) is 113 Å². The molecule has 1 heterocycles. The summed E-state index contributed by atoms with van der Waals surface area (Å²) in [6.45, 7) is 8.18. The summed E-state index contributed by atoms with van der Waals surface area (Å²) in [5.41, 5.74) is 5.91. The molecule has 0 unspecified atom stereocenters. The van der Waals surface area contributed by atoms with E-state index in [9.17, 15) is 19.5 Å². The van der Waals surface area contributed by atoms with E-state index in [4.69, 9.17) is 5.73 Å².